The highest BCUT2D eigenvalue weighted by Crippen LogP contribution is 2.57. The van der Waals surface area contributed by atoms with E-state index in [0.717, 1.165) is 6.07 Å². The van der Waals surface area contributed by atoms with Gasteiger partial charge in [-0.15, -0.1) is 0 Å². The van der Waals surface area contributed by atoms with E-state index in [2.05, 4.69) is 0 Å². The molecule has 0 heterocycles. The van der Waals surface area contributed by atoms with E-state index < -0.39 is 29.5 Å². The maximum absolute atomic E-state index is 13.7. The Morgan fingerprint density at radius 3 is 1.63 bits per heavy atom. The first-order valence-electron chi connectivity index (χ1n) is 4.52. The first-order chi connectivity index (χ1) is 8.36. The molecule has 1 radical (unpaired) electrons. The van der Waals surface area contributed by atoms with Gasteiger partial charge in [0, 0.05) is 5.56 Å². The molecule has 19 heavy (non-hydrogen) atoms. The summed E-state index contributed by atoms with van der Waals surface area (Å²) in [6.07, 6.45) is -13.2. The van der Waals surface area contributed by atoms with E-state index in [1.807, 2.05) is 6.07 Å². The fourth-order valence-corrected chi connectivity index (χ4v) is 1.33. The van der Waals surface area contributed by atoms with Crippen LogP contribution in [0.1, 0.15) is 5.56 Å². The molecule has 0 aliphatic carbocycles. The minimum Gasteiger partial charge on any atom is -0.221 e. The Morgan fingerprint density at radius 2 is 1.32 bits per heavy atom. The number of hydrogen-bond donors (Lipinski definition) is 0. The van der Waals surface area contributed by atoms with E-state index in [9.17, 15) is 39.5 Å². The van der Waals surface area contributed by atoms with Crippen LogP contribution in [0.3, 0.4) is 0 Å². The van der Waals surface area contributed by atoms with Crippen LogP contribution in [0.4, 0.5) is 39.5 Å². The summed E-state index contributed by atoms with van der Waals surface area (Å²) < 4.78 is 113. The molecule has 0 spiro atoms. The fourth-order valence-electron chi connectivity index (χ4n) is 1.33. The second kappa shape index (κ2) is 4.31. The summed E-state index contributed by atoms with van der Waals surface area (Å²) in [4.78, 5) is 0. The number of alkyl halides is 9. The van der Waals surface area contributed by atoms with Crippen molar-refractivity contribution in [2.75, 3.05) is 0 Å². The fraction of sp³-hybridized carbons (Fsp3) is 0.400. The Bertz CT molecular complexity index is 431. The van der Waals surface area contributed by atoms with Crippen LogP contribution in [0.25, 0.3) is 0 Å². The Morgan fingerprint density at radius 1 is 0.789 bits per heavy atom. The van der Waals surface area contributed by atoms with Gasteiger partial charge in [-0.05, 0) is 12.1 Å². The molecule has 0 saturated heterocycles. The van der Waals surface area contributed by atoms with Gasteiger partial charge in [-0.3, -0.25) is 0 Å². The molecule has 107 valence electrons. The molecule has 0 aromatic heterocycles. The highest BCUT2D eigenvalue weighted by atomic mass is 19.4. The monoisotopic (exact) mass is 295 g/mol. The van der Waals surface area contributed by atoms with Crippen LogP contribution < -0.4 is 0 Å². The molecule has 0 fully saturated rings. The SMILES string of the molecule is FC(F)(F)C(F)(F)C(F)(c1c[c]ccc1)C(F)(F)F. The molecule has 9 heteroatoms. The molecule has 0 aliphatic heterocycles. The summed E-state index contributed by atoms with van der Waals surface area (Å²) in [5, 5.41) is 0. The van der Waals surface area contributed by atoms with Crippen molar-refractivity contribution in [3.05, 3.63) is 35.9 Å². The predicted octanol–water partition coefficient (Wildman–Crippen LogP) is 4.41. The zero-order chi connectivity index (χ0) is 15.1. The molecule has 1 rings (SSSR count). The standard InChI is InChI=1S/C10H4F9/c11-7(9(14,15)16,6-4-2-1-3-5-6)8(12,13)10(17,18)19/h1-2,4-5H. The topological polar surface area (TPSA) is 0 Å². The van der Waals surface area contributed by atoms with Crippen molar-refractivity contribution in [1.29, 1.82) is 0 Å². The lowest BCUT2D eigenvalue weighted by atomic mass is 9.88. The van der Waals surface area contributed by atoms with Gasteiger partial charge in [0.15, 0.2) is 0 Å². The molecule has 1 atom stereocenters. The van der Waals surface area contributed by atoms with Crippen LogP contribution in [0.5, 0.6) is 0 Å². The number of halogens is 9. The van der Waals surface area contributed by atoms with Crippen molar-refractivity contribution >= 4 is 0 Å². The lowest BCUT2D eigenvalue weighted by molar-refractivity contribution is -0.389. The van der Waals surface area contributed by atoms with Crippen molar-refractivity contribution in [2.45, 2.75) is 23.9 Å². The second-order valence-electron chi connectivity index (χ2n) is 3.52. The first-order valence-corrected chi connectivity index (χ1v) is 4.52. The third-order valence-electron chi connectivity index (χ3n) is 2.28. The van der Waals surface area contributed by atoms with Crippen molar-refractivity contribution in [3.8, 4) is 0 Å². The zero-order valence-electron chi connectivity index (χ0n) is 8.71. The molecular formula is C10H4F9. The van der Waals surface area contributed by atoms with Gasteiger partial charge in [0.1, 0.15) is 0 Å². The van der Waals surface area contributed by atoms with E-state index in [0.29, 0.717) is 6.07 Å². The normalized spacial score (nSPS) is 17.1. The predicted molar refractivity (Wildman–Crippen MR) is 45.1 cm³/mol. The maximum atomic E-state index is 13.7. The summed E-state index contributed by atoms with van der Waals surface area (Å²) in [7, 11) is 0. The molecular weight excluding hydrogens is 291 g/mol. The van der Waals surface area contributed by atoms with E-state index in [-0.39, 0.29) is 12.1 Å². The van der Waals surface area contributed by atoms with Gasteiger partial charge < -0.3 is 0 Å². The van der Waals surface area contributed by atoms with Gasteiger partial charge in [0.05, 0.1) is 0 Å². The van der Waals surface area contributed by atoms with Gasteiger partial charge in [-0.25, -0.2) is 4.39 Å². The van der Waals surface area contributed by atoms with Crippen LogP contribution in [-0.4, -0.2) is 18.3 Å². The Kier molecular flexibility index (Phi) is 3.55. The van der Waals surface area contributed by atoms with E-state index in [1.54, 1.807) is 0 Å². The Labute approximate surface area is 100 Å². The minimum absolute atomic E-state index is 0.0904. The number of benzene rings is 1. The molecule has 0 bridgehead atoms. The summed E-state index contributed by atoms with van der Waals surface area (Å²) >= 11 is 0. The van der Waals surface area contributed by atoms with E-state index in [4.69, 9.17) is 0 Å². The highest BCUT2D eigenvalue weighted by Gasteiger charge is 2.81. The van der Waals surface area contributed by atoms with Gasteiger partial charge in [-0.1, -0.05) is 18.2 Å². The molecule has 0 aliphatic rings. The number of hydrogen-bond acceptors (Lipinski definition) is 0. The third-order valence-corrected chi connectivity index (χ3v) is 2.28. The highest BCUT2D eigenvalue weighted by molar-refractivity contribution is 5.28. The maximum Gasteiger partial charge on any atom is 0.457 e. The average molecular weight is 295 g/mol. The molecule has 0 nitrogen and oxygen atoms in total. The van der Waals surface area contributed by atoms with Gasteiger partial charge >= 0.3 is 23.9 Å². The van der Waals surface area contributed by atoms with Crippen LogP contribution >= 0.6 is 0 Å². The van der Waals surface area contributed by atoms with Gasteiger partial charge in [0.25, 0.3) is 0 Å². The largest absolute Gasteiger partial charge is 0.457 e. The molecule has 1 aromatic rings. The summed E-state index contributed by atoms with van der Waals surface area (Å²) in [5.74, 6) is -6.63. The van der Waals surface area contributed by atoms with Gasteiger partial charge in [0.2, 0.25) is 0 Å². The van der Waals surface area contributed by atoms with E-state index >= 15 is 0 Å². The Hall–Kier alpha value is -1.41. The molecule has 0 saturated carbocycles. The van der Waals surface area contributed by atoms with Crippen LogP contribution in [0, 0.1) is 6.07 Å². The zero-order valence-corrected chi connectivity index (χ0v) is 8.71. The van der Waals surface area contributed by atoms with Crippen LogP contribution in [0.15, 0.2) is 24.3 Å². The smallest absolute Gasteiger partial charge is 0.221 e. The molecule has 0 N–H and O–H groups in total. The average Bonchev–Trinajstić information content (AvgIpc) is 2.25. The first kappa shape index (κ1) is 15.6. The molecule has 1 unspecified atom stereocenters. The number of rotatable bonds is 2. The lowest BCUT2D eigenvalue weighted by Gasteiger charge is -2.36. The summed E-state index contributed by atoms with van der Waals surface area (Å²) in [5.41, 5.74) is -7.75. The van der Waals surface area contributed by atoms with Crippen molar-refractivity contribution in [2.24, 2.45) is 0 Å². The summed E-state index contributed by atoms with van der Waals surface area (Å²) in [6.45, 7) is 0. The minimum atomic E-state index is -6.70. The Balaban J connectivity index is 3.57. The molecule has 1 aromatic carbocycles. The second-order valence-corrected chi connectivity index (χ2v) is 3.52. The van der Waals surface area contributed by atoms with Crippen molar-refractivity contribution < 1.29 is 39.5 Å². The van der Waals surface area contributed by atoms with Crippen LogP contribution in [0.2, 0.25) is 0 Å². The van der Waals surface area contributed by atoms with Crippen molar-refractivity contribution in [3.63, 3.8) is 0 Å². The summed E-state index contributed by atoms with van der Waals surface area (Å²) in [6, 6.07) is 3.69. The lowest BCUT2D eigenvalue weighted by Crippen LogP contribution is -2.59. The van der Waals surface area contributed by atoms with E-state index in [1.165, 1.54) is 0 Å². The molecule has 0 amide bonds. The van der Waals surface area contributed by atoms with Crippen molar-refractivity contribution in [1.82, 2.24) is 0 Å². The van der Waals surface area contributed by atoms with Crippen LogP contribution in [-0.2, 0) is 5.67 Å². The quantitative estimate of drug-likeness (QED) is 0.709. The third kappa shape index (κ3) is 2.25. The van der Waals surface area contributed by atoms with Gasteiger partial charge in [-0.2, -0.15) is 35.1 Å².